The number of hydrogen-bond acceptors (Lipinski definition) is 5. The molecule has 3 aromatic carbocycles. The maximum Gasteiger partial charge on any atom is 0.262 e. The van der Waals surface area contributed by atoms with E-state index in [1.165, 1.54) is 19.3 Å². The minimum Gasteiger partial charge on any atom is -0.507 e. The Morgan fingerprint density at radius 3 is 2.27 bits per heavy atom. The van der Waals surface area contributed by atoms with Gasteiger partial charge in [0.2, 0.25) is 0 Å². The second-order valence-corrected chi connectivity index (χ2v) is 7.77. The van der Waals surface area contributed by atoms with Crippen molar-refractivity contribution in [2.75, 3.05) is 7.11 Å². The molecule has 3 rings (SSSR count). The number of nitriles is 1. The molecule has 1 amide bonds. The topological polar surface area (TPSA) is 91.6 Å². The molecule has 6 nitrogen and oxygen atoms in total. The molecular formula is C26H23ClN2O4. The second kappa shape index (κ2) is 10.6. The summed E-state index contributed by atoms with van der Waals surface area (Å²) in [5.74, 6) is 1.19. The van der Waals surface area contributed by atoms with E-state index in [0.717, 1.165) is 21.7 Å². The van der Waals surface area contributed by atoms with Crippen LogP contribution in [-0.2, 0) is 11.3 Å². The third-order valence-electron chi connectivity index (χ3n) is 4.92. The number of benzene rings is 3. The van der Waals surface area contributed by atoms with Gasteiger partial charge in [-0.1, -0.05) is 23.7 Å². The van der Waals surface area contributed by atoms with E-state index in [9.17, 15) is 15.2 Å². The Morgan fingerprint density at radius 2 is 1.70 bits per heavy atom. The number of ether oxygens (including phenoxy) is 2. The number of amides is 1. The average Bonchev–Trinajstić information content (AvgIpc) is 2.81. The molecule has 2 N–H and O–H groups in total. The molecule has 0 fully saturated rings. The predicted octanol–water partition coefficient (Wildman–Crippen LogP) is 5.69. The highest BCUT2D eigenvalue weighted by Gasteiger charge is 2.11. The molecule has 0 bridgehead atoms. The number of halogens is 1. The first-order valence-corrected chi connectivity index (χ1v) is 10.5. The van der Waals surface area contributed by atoms with Gasteiger partial charge in [-0.05, 0) is 73.0 Å². The molecule has 168 valence electrons. The monoisotopic (exact) mass is 462 g/mol. The van der Waals surface area contributed by atoms with Gasteiger partial charge in [0.1, 0.15) is 34.6 Å². The Kier molecular flexibility index (Phi) is 7.60. The first-order chi connectivity index (χ1) is 15.8. The van der Waals surface area contributed by atoms with E-state index in [0.29, 0.717) is 22.8 Å². The van der Waals surface area contributed by atoms with Crippen molar-refractivity contribution in [3.05, 3.63) is 87.4 Å². The van der Waals surface area contributed by atoms with Crippen LogP contribution in [0.5, 0.6) is 23.0 Å². The molecule has 0 spiro atoms. The Morgan fingerprint density at radius 1 is 1.06 bits per heavy atom. The Labute approximate surface area is 197 Å². The number of phenols is 1. The van der Waals surface area contributed by atoms with Gasteiger partial charge in [0, 0.05) is 23.2 Å². The molecular weight excluding hydrogens is 440 g/mol. The molecule has 7 heteroatoms. The lowest BCUT2D eigenvalue weighted by Gasteiger charge is -2.10. The lowest BCUT2D eigenvalue weighted by Crippen LogP contribution is -2.23. The summed E-state index contributed by atoms with van der Waals surface area (Å²) in [7, 11) is 1.48. The summed E-state index contributed by atoms with van der Waals surface area (Å²) in [6.45, 7) is 4.08. The van der Waals surface area contributed by atoms with Gasteiger partial charge in [0.15, 0.2) is 0 Å². The van der Waals surface area contributed by atoms with Gasteiger partial charge in [-0.25, -0.2) is 0 Å². The number of nitrogens with zero attached hydrogens (tertiary/aromatic N) is 1. The van der Waals surface area contributed by atoms with Crippen LogP contribution in [0.2, 0.25) is 5.02 Å². The Hall–Kier alpha value is -3.95. The van der Waals surface area contributed by atoms with Crippen molar-refractivity contribution in [3.8, 4) is 29.1 Å². The van der Waals surface area contributed by atoms with Crippen molar-refractivity contribution in [2.24, 2.45) is 0 Å². The quantitative estimate of drug-likeness (QED) is 0.348. The van der Waals surface area contributed by atoms with Crippen molar-refractivity contribution in [2.45, 2.75) is 20.4 Å². The van der Waals surface area contributed by atoms with Crippen molar-refractivity contribution < 1.29 is 19.4 Å². The number of aromatic hydroxyl groups is 1. The van der Waals surface area contributed by atoms with Crippen LogP contribution < -0.4 is 14.8 Å². The number of hydrogen-bond donors (Lipinski definition) is 2. The van der Waals surface area contributed by atoms with E-state index in [2.05, 4.69) is 5.32 Å². The lowest BCUT2D eigenvalue weighted by atomic mass is 10.1. The van der Waals surface area contributed by atoms with Gasteiger partial charge in [-0.15, -0.1) is 0 Å². The number of carbonyl (C=O) groups is 1. The third kappa shape index (κ3) is 6.06. The summed E-state index contributed by atoms with van der Waals surface area (Å²) < 4.78 is 10.9. The first-order valence-electron chi connectivity index (χ1n) is 10.1. The van der Waals surface area contributed by atoms with Gasteiger partial charge in [-0.2, -0.15) is 5.26 Å². The molecule has 0 aromatic heterocycles. The highest BCUT2D eigenvalue weighted by atomic mass is 35.5. The molecule has 33 heavy (non-hydrogen) atoms. The molecule has 0 saturated heterocycles. The van der Waals surface area contributed by atoms with Gasteiger partial charge in [0.05, 0.1) is 7.11 Å². The molecule has 0 saturated carbocycles. The smallest absolute Gasteiger partial charge is 0.262 e. The van der Waals surface area contributed by atoms with Crippen molar-refractivity contribution in [1.29, 1.82) is 5.26 Å². The number of nitrogens with one attached hydrogen (secondary N) is 1. The molecule has 0 unspecified atom stereocenters. The zero-order chi connectivity index (χ0) is 24.0. The second-order valence-electron chi connectivity index (χ2n) is 7.39. The van der Waals surface area contributed by atoms with E-state index >= 15 is 0 Å². The summed E-state index contributed by atoms with van der Waals surface area (Å²) in [6, 6.07) is 17.5. The summed E-state index contributed by atoms with van der Waals surface area (Å²) in [6.07, 6.45) is 1.33. The summed E-state index contributed by atoms with van der Waals surface area (Å²) >= 11 is 6.20. The SMILES string of the molecule is COc1ccc(/C=C(/C#N)C(=O)NCc2ccc(Oc3cc(C)c(Cl)c(C)c3)cc2)c(O)c1. The van der Waals surface area contributed by atoms with Crippen LogP contribution in [0.25, 0.3) is 6.08 Å². The van der Waals surface area contributed by atoms with E-state index in [-0.39, 0.29) is 17.9 Å². The van der Waals surface area contributed by atoms with Gasteiger partial charge >= 0.3 is 0 Å². The zero-order valence-electron chi connectivity index (χ0n) is 18.5. The van der Waals surface area contributed by atoms with Crippen molar-refractivity contribution in [1.82, 2.24) is 5.32 Å². The van der Waals surface area contributed by atoms with E-state index in [4.69, 9.17) is 21.1 Å². The standard InChI is InChI=1S/C26H23ClN2O4/c1-16-10-23(11-17(2)25(16)27)33-21-7-4-18(5-8-21)15-29-26(31)20(14-28)12-19-6-9-22(32-3)13-24(19)30/h4-13,30H,15H2,1-3H3,(H,29,31)/b20-12-. The molecule has 0 atom stereocenters. The minimum atomic E-state index is -0.542. The zero-order valence-corrected chi connectivity index (χ0v) is 19.2. The molecule has 0 aliphatic carbocycles. The van der Waals surface area contributed by atoms with E-state index < -0.39 is 5.91 Å². The van der Waals surface area contributed by atoms with Crippen molar-refractivity contribution >= 4 is 23.6 Å². The van der Waals surface area contributed by atoms with Gasteiger partial charge in [0.25, 0.3) is 5.91 Å². The third-order valence-corrected chi connectivity index (χ3v) is 5.52. The highest BCUT2D eigenvalue weighted by Crippen LogP contribution is 2.29. The maximum atomic E-state index is 12.4. The normalized spacial score (nSPS) is 10.9. The van der Waals surface area contributed by atoms with Gasteiger partial charge in [-0.3, -0.25) is 4.79 Å². The summed E-state index contributed by atoms with van der Waals surface area (Å²) in [5, 5.41) is 22.9. The van der Waals surface area contributed by atoms with Crippen molar-refractivity contribution in [3.63, 3.8) is 0 Å². The van der Waals surface area contributed by atoms with Crippen LogP contribution in [0.1, 0.15) is 22.3 Å². The minimum absolute atomic E-state index is 0.0865. The molecule has 0 heterocycles. The molecule has 0 aliphatic rings. The van der Waals surface area contributed by atoms with Crippen LogP contribution in [0.3, 0.4) is 0 Å². The summed E-state index contributed by atoms with van der Waals surface area (Å²) in [4.78, 5) is 12.4. The molecule has 3 aromatic rings. The van der Waals surface area contributed by atoms with Crippen LogP contribution in [0.4, 0.5) is 0 Å². The fourth-order valence-electron chi connectivity index (χ4n) is 3.13. The lowest BCUT2D eigenvalue weighted by molar-refractivity contribution is -0.117. The number of rotatable bonds is 7. The number of methoxy groups -OCH3 is 1. The number of aryl methyl sites for hydroxylation is 2. The summed E-state index contributed by atoms with van der Waals surface area (Å²) in [5.41, 5.74) is 2.94. The van der Waals surface area contributed by atoms with Crippen LogP contribution in [0.15, 0.2) is 60.2 Å². The van der Waals surface area contributed by atoms with Gasteiger partial charge < -0.3 is 19.9 Å². The fraction of sp³-hybridized carbons (Fsp3) is 0.154. The highest BCUT2D eigenvalue weighted by molar-refractivity contribution is 6.32. The number of carbonyl (C=O) groups excluding carboxylic acids is 1. The van der Waals surface area contributed by atoms with Crippen LogP contribution in [0, 0.1) is 25.2 Å². The predicted molar refractivity (Wildman–Crippen MR) is 128 cm³/mol. The Bertz CT molecular complexity index is 1220. The van der Waals surface area contributed by atoms with E-state index in [1.54, 1.807) is 24.3 Å². The Balaban J connectivity index is 1.63. The largest absolute Gasteiger partial charge is 0.507 e. The average molecular weight is 463 g/mol. The number of phenolic OH excluding ortho intramolecular Hbond substituents is 1. The first kappa shape index (κ1) is 23.7. The van der Waals surface area contributed by atoms with Crippen LogP contribution in [-0.4, -0.2) is 18.1 Å². The molecule has 0 aliphatic heterocycles. The van der Waals surface area contributed by atoms with Crippen LogP contribution >= 0.6 is 11.6 Å². The maximum absolute atomic E-state index is 12.4. The van der Waals surface area contributed by atoms with E-state index in [1.807, 2.05) is 44.2 Å². The molecule has 0 radical (unpaired) electrons. The fourth-order valence-corrected chi connectivity index (χ4v) is 3.24.